The first-order valence-electron chi connectivity index (χ1n) is 9.93. The van der Waals surface area contributed by atoms with Crippen molar-refractivity contribution in [3.8, 4) is 0 Å². The maximum atomic E-state index is 12.5. The van der Waals surface area contributed by atoms with Crippen LogP contribution in [0.25, 0.3) is 0 Å². The molecule has 0 bridgehead atoms. The Morgan fingerprint density at radius 2 is 1.00 bits per heavy atom. The normalized spacial score (nSPS) is 11.3. The van der Waals surface area contributed by atoms with Crippen molar-refractivity contribution >= 4 is 11.9 Å². The van der Waals surface area contributed by atoms with Gasteiger partial charge in [-0.05, 0) is 25.7 Å². The highest BCUT2D eigenvalue weighted by Gasteiger charge is 2.45. The highest BCUT2D eigenvalue weighted by molar-refractivity contribution is 5.99. The fourth-order valence-electron chi connectivity index (χ4n) is 2.75. The molecule has 0 N–H and O–H groups in total. The lowest BCUT2D eigenvalue weighted by Gasteiger charge is -2.27. The topological polar surface area (TPSA) is 52.6 Å². The summed E-state index contributed by atoms with van der Waals surface area (Å²) in [4.78, 5) is 24.9. The van der Waals surface area contributed by atoms with E-state index in [9.17, 15) is 9.59 Å². The number of rotatable bonds is 15. The van der Waals surface area contributed by atoms with Gasteiger partial charge in [0, 0.05) is 0 Å². The van der Waals surface area contributed by atoms with Gasteiger partial charge in [0.05, 0.1) is 13.2 Å². The smallest absolute Gasteiger partial charge is 0.323 e. The highest BCUT2D eigenvalue weighted by Crippen LogP contribution is 2.30. The lowest BCUT2D eigenvalue weighted by Crippen LogP contribution is -2.41. The summed E-state index contributed by atoms with van der Waals surface area (Å²) in [6.45, 7) is 8.81. The zero-order valence-corrected chi connectivity index (χ0v) is 16.3. The molecule has 0 unspecified atom stereocenters. The third-order valence-corrected chi connectivity index (χ3v) is 4.70. The van der Waals surface area contributed by atoms with Crippen LogP contribution in [0, 0.1) is 5.41 Å². The first kappa shape index (κ1) is 22.9. The minimum Gasteiger partial charge on any atom is -0.465 e. The Balaban J connectivity index is 4.34. The van der Waals surface area contributed by atoms with E-state index in [1.54, 1.807) is 0 Å². The molecule has 0 rings (SSSR count). The Hall–Kier alpha value is -1.06. The molecular formula is C20H38O4. The second-order valence-corrected chi connectivity index (χ2v) is 6.54. The minimum atomic E-state index is -1.13. The van der Waals surface area contributed by atoms with Crippen molar-refractivity contribution in [1.29, 1.82) is 0 Å². The van der Waals surface area contributed by atoms with Crippen molar-refractivity contribution in [3.63, 3.8) is 0 Å². The van der Waals surface area contributed by atoms with Gasteiger partial charge < -0.3 is 9.47 Å². The van der Waals surface area contributed by atoms with Crippen LogP contribution in [0.2, 0.25) is 0 Å². The fraction of sp³-hybridized carbons (Fsp3) is 0.900. The van der Waals surface area contributed by atoms with Crippen LogP contribution in [0.3, 0.4) is 0 Å². The fourth-order valence-corrected chi connectivity index (χ4v) is 2.75. The Morgan fingerprint density at radius 1 is 0.625 bits per heavy atom. The summed E-state index contributed by atoms with van der Waals surface area (Å²) in [5.74, 6) is -0.832. The standard InChI is InChI=1S/C20H38O4/c1-5-9-11-13-15-17-24-19(22)20(7-3,8-4)18(21)23-16-14-12-10-6-2/h5-17H2,1-4H3. The third-order valence-electron chi connectivity index (χ3n) is 4.70. The molecule has 0 fully saturated rings. The molecule has 0 atom stereocenters. The molecular weight excluding hydrogens is 304 g/mol. The molecule has 4 nitrogen and oxygen atoms in total. The Kier molecular flexibility index (Phi) is 13.7. The summed E-state index contributed by atoms with van der Waals surface area (Å²) in [6.07, 6.45) is 10.5. The molecule has 0 spiro atoms. The van der Waals surface area contributed by atoms with Gasteiger partial charge in [0.1, 0.15) is 0 Å². The summed E-state index contributed by atoms with van der Waals surface area (Å²) in [7, 11) is 0. The zero-order valence-electron chi connectivity index (χ0n) is 16.3. The van der Waals surface area contributed by atoms with Gasteiger partial charge in [-0.15, -0.1) is 0 Å². The molecule has 0 saturated carbocycles. The van der Waals surface area contributed by atoms with Crippen LogP contribution in [0.1, 0.15) is 98.3 Å². The molecule has 0 aliphatic carbocycles. The van der Waals surface area contributed by atoms with Gasteiger partial charge in [0.2, 0.25) is 0 Å². The van der Waals surface area contributed by atoms with E-state index in [1.807, 2.05) is 13.8 Å². The van der Waals surface area contributed by atoms with Crippen LogP contribution in [0.15, 0.2) is 0 Å². The zero-order chi connectivity index (χ0) is 18.3. The number of carbonyl (C=O) groups excluding carboxylic acids is 2. The third kappa shape index (κ3) is 8.16. The van der Waals surface area contributed by atoms with Crippen LogP contribution in [0.5, 0.6) is 0 Å². The van der Waals surface area contributed by atoms with Crippen molar-refractivity contribution in [3.05, 3.63) is 0 Å². The lowest BCUT2D eigenvalue weighted by molar-refractivity contribution is -0.173. The molecule has 0 aliphatic heterocycles. The van der Waals surface area contributed by atoms with Crippen molar-refractivity contribution in [2.24, 2.45) is 5.41 Å². The average Bonchev–Trinajstić information content (AvgIpc) is 2.59. The van der Waals surface area contributed by atoms with Crippen LogP contribution in [-0.4, -0.2) is 25.2 Å². The van der Waals surface area contributed by atoms with Crippen LogP contribution >= 0.6 is 0 Å². The predicted octanol–water partition coefficient (Wildman–Crippen LogP) is 5.43. The quantitative estimate of drug-likeness (QED) is 0.226. The maximum absolute atomic E-state index is 12.5. The van der Waals surface area contributed by atoms with Crippen LogP contribution in [-0.2, 0) is 19.1 Å². The van der Waals surface area contributed by atoms with Gasteiger partial charge in [-0.3, -0.25) is 9.59 Å². The van der Waals surface area contributed by atoms with E-state index in [2.05, 4.69) is 13.8 Å². The molecule has 0 aliphatic rings. The molecule has 0 aromatic carbocycles. The van der Waals surface area contributed by atoms with E-state index in [0.717, 1.165) is 38.5 Å². The van der Waals surface area contributed by atoms with E-state index < -0.39 is 17.4 Å². The summed E-state index contributed by atoms with van der Waals surface area (Å²) in [5.41, 5.74) is -1.13. The van der Waals surface area contributed by atoms with Crippen molar-refractivity contribution < 1.29 is 19.1 Å². The largest absolute Gasteiger partial charge is 0.465 e. The van der Waals surface area contributed by atoms with E-state index in [0.29, 0.717) is 26.1 Å². The minimum absolute atomic E-state index is 0.394. The van der Waals surface area contributed by atoms with E-state index in [-0.39, 0.29) is 0 Å². The monoisotopic (exact) mass is 342 g/mol. The molecule has 0 aromatic heterocycles. The van der Waals surface area contributed by atoms with E-state index in [4.69, 9.17) is 9.47 Å². The second-order valence-electron chi connectivity index (χ2n) is 6.54. The van der Waals surface area contributed by atoms with Gasteiger partial charge in [-0.2, -0.15) is 0 Å². The molecule has 0 radical (unpaired) electrons. The molecule has 0 heterocycles. The molecule has 0 aromatic rings. The first-order chi connectivity index (χ1) is 11.6. The molecule has 142 valence electrons. The van der Waals surface area contributed by atoms with Crippen molar-refractivity contribution in [2.45, 2.75) is 98.3 Å². The van der Waals surface area contributed by atoms with Gasteiger partial charge in [-0.1, -0.05) is 72.6 Å². The van der Waals surface area contributed by atoms with Crippen molar-refractivity contribution in [1.82, 2.24) is 0 Å². The molecule has 0 saturated heterocycles. The Morgan fingerprint density at radius 3 is 1.38 bits per heavy atom. The van der Waals surface area contributed by atoms with E-state index >= 15 is 0 Å². The molecule has 0 amide bonds. The maximum Gasteiger partial charge on any atom is 0.323 e. The summed E-state index contributed by atoms with van der Waals surface area (Å²) in [6, 6.07) is 0. The van der Waals surface area contributed by atoms with Gasteiger partial charge >= 0.3 is 11.9 Å². The first-order valence-corrected chi connectivity index (χ1v) is 9.93. The van der Waals surface area contributed by atoms with E-state index in [1.165, 1.54) is 19.3 Å². The Bertz CT molecular complexity index is 335. The summed E-state index contributed by atoms with van der Waals surface area (Å²) < 4.78 is 10.8. The summed E-state index contributed by atoms with van der Waals surface area (Å²) >= 11 is 0. The number of esters is 2. The predicted molar refractivity (Wildman–Crippen MR) is 97.8 cm³/mol. The van der Waals surface area contributed by atoms with Gasteiger partial charge in [0.25, 0.3) is 0 Å². The molecule has 4 heteroatoms. The number of unbranched alkanes of at least 4 members (excludes halogenated alkanes) is 7. The van der Waals surface area contributed by atoms with Crippen LogP contribution < -0.4 is 0 Å². The number of hydrogen-bond donors (Lipinski definition) is 0. The molecule has 24 heavy (non-hydrogen) atoms. The SMILES string of the molecule is CCCCCCCOC(=O)C(CC)(CC)C(=O)OCCCCCC. The van der Waals surface area contributed by atoms with Crippen LogP contribution in [0.4, 0.5) is 0 Å². The van der Waals surface area contributed by atoms with Gasteiger partial charge in [0.15, 0.2) is 5.41 Å². The van der Waals surface area contributed by atoms with Gasteiger partial charge in [-0.25, -0.2) is 0 Å². The van der Waals surface area contributed by atoms with Crippen molar-refractivity contribution in [2.75, 3.05) is 13.2 Å². The lowest BCUT2D eigenvalue weighted by atomic mass is 9.82. The number of ether oxygens (including phenoxy) is 2. The Labute approximate surface area is 148 Å². The average molecular weight is 343 g/mol. The number of hydrogen-bond acceptors (Lipinski definition) is 4. The second kappa shape index (κ2) is 14.3. The highest BCUT2D eigenvalue weighted by atomic mass is 16.6. The number of carbonyl (C=O) groups is 2. The summed E-state index contributed by atoms with van der Waals surface area (Å²) in [5, 5.41) is 0.